The van der Waals surface area contributed by atoms with Crippen molar-refractivity contribution >= 4 is 11.9 Å². The van der Waals surface area contributed by atoms with Crippen LogP contribution in [0.1, 0.15) is 47.0 Å². The number of carbonyl (C=O) groups is 2. The van der Waals surface area contributed by atoms with Gasteiger partial charge in [0.25, 0.3) is 0 Å². The van der Waals surface area contributed by atoms with E-state index in [2.05, 4.69) is 19.2 Å². The second-order valence-electron chi connectivity index (χ2n) is 7.64. The van der Waals surface area contributed by atoms with Crippen molar-refractivity contribution in [3.63, 3.8) is 0 Å². The molecule has 0 saturated carbocycles. The van der Waals surface area contributed by atoms with E-state index in [1.807, 2.05) is 23.6 Å². The molecule has 2 saturated heterocycles. The fraction of sp³-hybridized carbons (Fsp3) is 0.889. The minimum absolute atomic E-state index is 0.00301. The lowest BCUT2D eigenvalue weighted by molar-refractivity contribution is -0.134. The van der Waals surface area contributed by atoms with Crippen LogP contribution in [-0.2, 0) is 9.53 Å². The van der Waals surface area contributed by atoms with Gasteiger partial charge in [-0.05, 0) is 25.2 Å². The number of nitrogens with one attached hydrogen (secondary N) is 1. The molecular formula is C18H33N3O3. The molecule has 24 heavy (non-hydrogen) atoms. The maximum Gasteiger partial charge on any atom is 0.317 e. The van der Waals surface area contributed by atoms with Crippen molar-refractivity contribution < 1.29 is 14.3 Å². The van der Waals surface area contributed by atoms with E-state index in [0.29, 0.717) is 32.2 Å². The predicted molar refractivity (Wildman–Crippen MR) is 93.7 cm³/mol. The van der Waals surface area contributed by atoms with Gasteiger partial charge in [-0.15, -0.1) is 0 Å². The van der Waals surface area contributed by atoms with Gasteiger partial charge in [0, 0.05) is 44.7 Å². The Morgan fingerprint density at radius 3 is 2.38 bits per heavy atom. The molecule has 2 heterocycles. The Hall–Kier alpha value is -1.30. The molecule has 2 aliphatic heterocycles. The van der Waals surface area contributed by atoms with Crippen LogP contribution in [0.3, 0.4) is 0 Å². The SMILES string of the molecule is CC(C)C(=O)N1CCCN(C(=O)NC2CCOC(C(C)C)C2)CC1. The molecule has 2 atom stereocenters. The van der Waals surface area contributed by atoms with Crippen molar-refractivity contribution in [2.75, 3.05) is 32.8 Å². The van der Waals surface area contributed by atoms with Crippen molar-refractivity contribution in [3.8, 4) is 0 Å². The molecule has 0 bridgehead atoms. The zero-order chi connectivity index (χ0) is 17.7. The zero-order valence-corrected chi connectivity index (χ0v) is 15.6. The van der Waals surface area contributed by atoms with Crippen LogP contribution in [0.25, 0.3) is 0 Å². The average Bonchev–Trinajstić information content (AvgIpc) is 2.80. The molecule has 0 aromatic heterocycles. The van der Waals surface area contributed by atoms with Gasteiger partial charge in [0.1, 0.15) is 0 Å². The van der Waals surface area contributed by atoms with Crippen LogP contribution in [0, 0.1) is 11.8 Å². The maximum absolute atomic E-state index is 12.6. The molecule has 2 fully saturated rings. The third kappa shape index (κ3) is 5.10. The fourth-order valence-corrected chi connectivity index (χ4v) is 3.40. The normalized spacial score (nSPS) is 25.8. The molecule has 3 amide bonds. The van der Waals surface area contributed by atoms with E-state index in [1.165, 1.54) is 0 Å². The van der Waals surface area contributed by atoms with E-state index in [1.54, 1.807) is 0 Å². The van der Waals surface area contributed by atoms with Gasteiger partial charge in [0.15, 0.2) is 0 Å². The topological polar surface area (TPSA) is 61.9 Å². The summed E-state index contributed by atoms with van der Waals surface area (Å²) in [6.45, 7) is 11.6. The molecular weight excluding hydrogens is 306 g/mol. The van der Waals surface area contributed by atoms with E-state index >= 15 is 0 Å². The van der Waals surface area contributed by atoms with Crippen LogP contribution in [0.5, 0.6) is 0 Å². The number of ether oxygens (including phenoxy) is 1. The molecule has 2 unspecified atom stereocenters. The first-order valence-corrected chi connectivity index (χ1v) is 9.34. The second-order valence-corrected chi connectivity index (χ2v) is 7.64. The van der Waals surface area contributed by atoms with Gasteiger partial charge in [-0.3, -0.25) is 4.79 Å². The highest BCUT2D eigenvalue weighted by molar-refractivity contribution is 5.78. The van der Waals surface area contributed by atoms with Crippen molar-refractivity contribution in [1.29, 1.82) is 0 Å². The highest BCUT2D eigenvalue weighted by atomic mass is 16.5. The van der Waals surface area contributed by atoms with E-state index < -0.39 is 0 Å². The van der Waals surface area contributed by atoms with Crippen LogP contribution in [0.15, 0.2) is 0 Å². The van der Waals surface area contributed by atoms with E-state index in [0.717, 1.165) is 25.8 Å². The predicted octanol–water partition coefficient (Wildman–Crippen LogP) is 2.09. The number of hydrogen-bond acceptors (Lipinski definition) is 3. The van der Waals surface area contributed by atoms with Gasteiger partial charge in [0.2, 0.25) is 5.91 Å². The van der Waals surface area contributed by atoms with Crippen LogP contribution in [0.4, 0.5) is 4.79 Å². The first-order chi connectivity index (χ1) is 11.4. The van der Waals surface area contributed by atoms with Crippen LogP contribution in [0.2, 0.25) is 0 Å². The quantitative estimate of drug-likeness (QED) is 0.856. The summed E-state index contributed by atoms with van der Waals surface area (Å²) in [5, 5.41) is 3.17. The summed E-state index contributed by atoms with van der Waals surface area (Å²) < 4.78 is 5.77. The van der Waals surface area contributed by atoms with Gasteiger partial charge in [-0.25, -0.2) is 4.79 Å². The molecule has 1 N–H and O–H groups in total. The van der Waals surface area contributed by atoms with Crippen LogP contribution < -0.4 is 5.32 Å². The molecule has 0 spiro atoms. The molecule has 0 aromatic carbocycles. The average molecular weight is 339 g/mol. The molecule has 138 valence electrons. The van der Waals surface area contributed by atoms with Gasteiger partial charge < -0.3 is 19.9 Å². The smallest absolute Gasteiger partial charge is 0.317 e. The molecule has 6 heteroatoms. The molecule has 0 radical (unpaired) electrons. The maximum atomic E-state index is 12.6. The van der Waals surface area contributed by atoms with Gasteiger partial charge in [-0.1, -0.05) is 27.7 Å². The summed E-state index contributed by atoms with van der Waals surface area (Å²) in [5.74, 6) is 0.667. The van der Waals surface area contributed by atoms with Gasteiger partial charge in [0.05, 0.1) is 6.10 Å². The minimum atomic E-state index is 0.00301. The fourth-order valence-electron chi connectivity index (χ4n) is 3.40. The summed E-state index contributed by atoms with van der Waals surface area (Å²) >= 11 is 0. The first-order valence-electron chi connectivity index (χ1n) is 9.34. The first kappa shape index (κ1) is 19.0. The lowest BCUT2D eigenvalue weighted by Gasteiger charge is -2.33. The van der Waals surface area contributed by atoms with Crippen molar-refractivity contribution in [1.82, 2.24) is 15.1 Å². The summed E-state index contributed by atoms with van der Waals surface area (Å²) in [6, 6.07) is 0.193. The van der Waals surface area contributed by atoms with E-state index in [-0.39, 0.29) is 30.0 Å². The summed E-state index contributed by atoms with van der Waals surface area (Å²) in [6.07, 6.45) is 2.83. The number of rotatable bonds is 3. The molecule has 2 aliphatic rings. The second kappa shape index (κ2) is 8.70. The Labute approximate surface area is 145 Å². The Kier molecular flexibility index (Phi) is 6.90. The third-order valence-corrected chi connectivity index (χ3v) is 4.97. The standard InChI is InChI=1S/C18H33N3O3/c1-13(2)16-12-15(6-11-24-16)19-18(23)21-8-5-7-20(9-10-21)17(22)14(3)4/h13-16H,5-12H2,1-4H3,(H,19,23). The molecule has 0 aromatic rings. The van der Waals surface area contributed by atoms with E-state index in [9.17, 15) is 9.59 Å². The highest BCUT2D eigenvalue weighted by Crippen LogP contribution is 2.20. The minimum Gasteiger partial charge on any atom is -0.378 e. The Balaban J connectivity index is 1.83. The van der Waals surface area contributed by atoms with Crippen molar-refractivity contribution in [2.45, 2.75) is 59.1 Å². The van der Waals surface area contributed by atoms with Gasteiger partial charge in [-0.2, -0.15) is 0 Å². The Morgan fingerprint density at radius 2 is 1.71 bits per heavy atom. The summed E-state index contributed by atoms with van der Waals surface area (Å²) in [5.41, 5.74) is 0. The van der Waals surface area contributed by atoms with E-state index in [4.69, 9.17) is 4.74 Å². The summed E-state index contributed by atoms with van der Waals surface area (Å²) in [7, 11) is 0. The zero-order valence-electron chi connectivity index (χ0n) is 15.6. The number of urea groups is 1. The van der Waals surface area contributed by atoms with Crippen molar-refractivity contribution in [2.24, 2.45) is 11.8 Å². The lowest BCUT2D eigenvalue weighted by atomic mass is 9.95. The number of amides is 3. The Morgan fingerprint density at radius 1 is 1.04 bits per heavy atom. The molecule has 0 aliphatic carbocycles. The Bertz CT molecular complexity index is 439. The number of nitrogens with zero attached hydrogens (tertiary/aromatic N) is 2. The number of hydrogen-bond donors (Lipinski definition) is 1. The van der Waals surface area contributed by atoms with Gasteiger partial charge >= 0.3 is 6.03 Å². The number of carbonyl (C=O) groups excluding carboxylic acids is 2. The highest BCUT2D eigenvalue weighted by Gasteiger charge is 2.28. The largest absolute Gasteiger partial charge is 0.378 e. The van der Waals surface area contributed by atoms with Crippen LogP contribution in [-0.4, -0.2) is 66.7 Å². The molecule has 6 nitrogen and oxygen atoms in total. The van der Waals surface area contributed by atoms with Crippen LogP contribution >= 0.6 is 0 Å². The molecule has 2 rings (SSSR count). The monoisotopic (exact) mass is 339 g/mol. The lowest BCUT2D eigenvalue weighted by Crippen LogP contribution is -2.49. The van der Waals surface area contributed by atoms with Crippen molar-refractivity contribution in [3.05, 3.63) is 0 Å². The summed E-state index contributed by atoms with van der Waals surface area (Å²) in [4.78, 5) is 28.5. The third-order valence-electron chi connectivity index (χ3n) is 4.97.